The van der Waals surface area contributed by atoms with Crippen LogP contribution in [0.15, 0.2) is 18.2 Å². The van der Waals surface area contributed by atoms with Crippen LogP contribution in [0.2, 0.25) is 5.02 Å². The summed E-state index contributed by atoms with van der Waals surface area (Å²) in [5.41, 5.74) is 1.50. The number of piperazine rings is 1. The van der Waals surface area contributed by atoms with Gasteiger partial charge in [-0.1, -0.05) is 44.4 Å². The van der Waals surface area contributed by atoms with Crippen LogP contribution < -0.4 is 10.6 Å². The molecule has 1 aromatic rings. The first kappa shape index (κ1) is 21.6. The number of amides is 3. The van der Waals surface area contributed by atoms with E-state index in [0.29, 0.717) is 17.1 Å². The fourth-order valence-corrected chi connectivity index (χ4v) is 4.53. The van der Waals surface area contributed by atoms with Gasteiger partial charge >= 0.3 is 0 Å². The van der Waals surface area contributed by atoms with Gasteiger partial charge in [0.2, 0.25) is 17.7 Å². The highest BCUT2D eigenvalue weighted by atomic mass is 35.5. The quantitative estimate of drug-likeness (QED) is 0.764. The molecule has 7 heteroatoms. The fourth-order valence-electron chi connectivity index (χ4n) is 4.36. The number of benzene rings is 1. The first-order valence-corrected chi connectivity index (χ1v) is 10.8. The summed E-state index contributed by atoms with van der Waals surface area (Å²) in [4.78, 5) is 40.4. The highest BCUT2D eigenvalue weighted by Crippen LogP contribution is 2.31. The van der Waals surface area contributed by atoms with Crippen molar-refractivity contribution in [1.82, 2.24) is 10.2 Å². The number of nitrogens with one attached hydrogen (secondary N) is 2. The van der Waals surface area contributed by atoms with Gasteiger partial charge in [-0.25, -0.2) is 0 Å². The molecule has 29 heavy (non-hydrogen) atoms. The van der Waals surface area contributed by atoms with Crippen LogP contribution in [0.25, 0.3) is 0 Å². The van der Waals surface area contributed by atoms with Crippen molar-refractivity contribution >= 4 is 35.0 Å². The fraction of sp³-hybridized carbons (Fsp3) is 0.591. The van der Waals surface area contributed by atoms with Gasteiger partial charge in [0.25, 0.3) is 0 Å². The Labute approximate surface area is 177 Å². The molecule has 1 aliphatic heterocycles. The van der Waals surface area contributed by atoms with E-state index in [0.717, 1.165) is 31.2 Å². The number of rotatable bonds is 5. The van der Waals surface area contributed by atoms with E-state index in [9.17, 15) is 14.4 Å². The molecule has 158 valence electrons. The van der Waals surface area contributed by atoms with Gasteiger partial charge in [-0.3, -0.25) is 14.4 Å². The summed E-state index contributed by atoms with van der Waals surface area (Å²) in [5.74, 6) is -0.378. The zero-order chi connectivity index (χ0) is 21.1. The van der Waals surface area contributed by atoms with Crippen molar-refractivity contribution in [2.75, 3.05) is 5.32 Å². The van der Waals surface area contributed by atoms with Gasteiger partial charge in [0.15, 0.2) is 0 Å². The molecule has 3 atom stereocenters. The Hall–Kier alpha value is -2.08. The molecule has 3 amide bonds. The average Bonchev–Trinajstić information content (AvgIpc) is 2.64. The molecule has 1 heterocycles. The van der Waals surface area contributed by atoms with E-state index in [2.05, 4.69) is 10.6 Å². The molecule has 6 nitrogen and oxygen atoms in total. The zero-order valence-corrected chi connectivity index (χ0v) is 18.1. The first-order valence-electron chi connectivity index (χ1n) is 10.4. The monoisotopic (exact) mass is 419 g/mol. The molecule has 2 fully saturated rings. The van der Waals surface area contributed by atoms with Crippen LogP contribution in [-0.2, 0) is 14.4 Å². The van der Waals surface area contributed by atoms with E-state index in [4.69, 9.17) is 11.6 Å². The predicted octanol–water partition coefficient (Wildman–Crippen LogP) is 3.66. The van der Waals surface area contributed by atoms with Crippen molar-refractivity contribution in [3.63, 3.8) is 0 Å². The van der Waals surface area contributed by atoms with Crippen LogP contribution in [0.4, 0.5) is 5.69 Å². The topological polar surface area (TPSA) is 78.5 Å². The molecule has 0 radical (unpaired) electrons. The molecule has 3 rings (SSSR count). The average molecular weight is 420 g/mol. The molecular formula is C22H30ClN3O3. The van der Waals surface area contributed by atoms with E-state index in [1.807, 2.05) is 26.8 Å². The van der Waals surface area contributed by atoms with Crippen molar-refractivity contribution in [3.8, 4) is 0 Å². The Bertz CT molecular complexity index is 796. The summed E-state index contributed by atoms with van der Waals surface area (Å²) >= 11 is 6.04. The molecule has 1 aromatic carbocycles. The maximum absolute atomic E-state index is 13.1. The molecule has 2 aliphatic rings. The highest BCUT2D eigenvalue weighted by molar-refractivity contribution is 6.31. The summed E-state index contributed by atoms with van der Waals surface area (Å²) in [6, 6.07) is 4.46. The van der Waals surface area contributed by atoms with Gasteiger partial charge in [-0.15, -0.1) is 0 Å². The van der Waals surface area contributed by atoms with E-state index in [1.165, 1.54) is 0 Å². The predicted molar refractivity (Wildman–Crippen MR) is 114 cm³/mol. The molecule has 0 aromatic heterocycles. The number of nitrogens with zero attached hydrogens (tertiary/aromatic N) is 1. The number of carbonyl (C=O) groups excluding carboxylic acids is 3. The van der Waals surface area contributed by atoms with Crippen molar-refractivity contribution in [2.45, 2.75) is 77.4 Å². The lowest BCUT2D eigenvalue weighted by Crippen LogP contribution is -2.68. The van der Waals surface area contributed by atoms with Crippen molar-refractivity contribution in [3.05, 3.63) is 28.8 Å². The third-order valence-corrected chi connectivity index (χ3v) is 6.01. The summed E-state index contributed by atoms with van der Waals surface area (Å²) in [7, 11) is 0. The molecule has 1 saturated carbocycles. The Kier molecular flexibility index (Phi) is 6.83. The van der Waals surface area contributed by atoms with Crippen molar-refractivity contribution in [2.24, 2.45) is 5.92 Å². The van der Waals surface area contributed by atoms with Crippen LogP contribution >= 0.6 is 11.6 Å². The number of anilines is 1. The van der Waals surface area contributed by atoms with Crippen LogP contribution in [0.1, 0.15) is 57.9 Å². The third-order valence-electron chi connectivity index (χ3n) is 5.78. The van der Waals surface area contributed by atoms with Gasteiger partial charge in [0, 0.05) is 23.2 Å². The smallest absolute Gasteiger partial charge is 0.243 e. The molecule has 0 unspecified atom stereocenters. The maximum atomic E-state index is 13.1. The number of fused-ring (bicyclic) bond motifs is 1. The first-order chi connectivity index (χ1) is 13.8. The van der Waals surface area contributed by atoms with E-state index < -0.39 is 6.04 Å². The number of hydrogen-bond donors (Lipinski definition) is 2. The second-order valence-electron chi connectivity index (χ2n) is 8.59. The van der Waals surface area contributed by atoms with Crippen LogP contribution in [-0.4, -0.2) is 40.7 Å². The van der Waals surface area contributed by atoms with Crippen LogP contribution in [0, 0.1) is 12.8 Å². The Balaban J connectivity index is 1.80. The van der Waals surface area contributed by atoms with Crippen molar-refractivity contribution < 1.29 is 14.4 Å². The summed E-state index contributed by atoms with van der Waals surface area (Å²) in [6.07, 6.45) is 4.13. The molecule has 1 saturated heterocycles. The molecule has 2 N–H and O–H groups in total. The summed E-state index contributed by atoms with van der Waals surface area (Å²) in [6.45, 7) is 5.86. The van der Waals surface area contributed by atoms with Gasteiger partial charge < -0.3 is 15.5 Å². The Morgan fingerprint density at radius 1 is 1.28 bits per heavy atom. The number of carbonyl (C=O) groups is 3. The highest BCUT2D eigenvalue weighted by Gasteiger charge is 2.45. The van der Waals surface area contributed by atoms with Gasteiger partial charge in [0.1, 0.15) is 6.04 Å². The van der Waals surface area contributed by atoms with Gasteiger partial charge in [0.05, 0.1) is 12.5 Å². The zero-order valence-electron chi connectivity index (χ0n) is 17.3. The van der Waals surface area contributed by atoms with Crippen molar-refractivity contribution in [1.29, 1.82) is 0 Å². The van der Waals surface area contributed by atoms with Crippen LogP contribution in [0.3, 0.4) is 0 Å². The Morgan fingerprint density at radius 2 is 2.00 bits per heavy atom. The third kappa shape index (κ3) is 5.10. The molecule has 0 spiro atoms. The van der Waals surface area contributed by atoms with Gasteiger partial charge in [-0.2, -0.15) is 0 Å². The van der Waals surface area contributed by atoms with E-state index in [1.54, 1.807) is 17.0 Å². The molecule has 0 bridgehead atoms. The molecular weight excluding hydrogens is 390 g/mol. The van der Waals surface area contributed by atoms with E-state index in [-0.39, 0.29) is 42.1 Å². The minimum atomic E-state index is -0.778. The normalized spacial score (nSPS) is 24.1. The largest absolute Gasteiger partial charge is 0.349 e. The number of halogens is 1. The lowest BCUT2D eigenvalue weighted by molar-refractivity contribution is -0.152. The second-order valence-corrected chi connectivity index (χ2v) is 9.03. The minimum Gasteiger partial charge on any atom is -0.349 e. The summed E-state index contributed by atoms with van der Waals surface area (Å²) < 4.78 is 0. The number of hydrogen-bond acceptors (Lipinski definition) is 3. The standard InChI is InChI=1S/C22H30ClN3O3/c1-13(2)10-21(28)26-18-7-5-4-6-16(18)25-22(29)19(26)12-20(27)24-17-11-15(23)9-8-14(17)3/h8-9,11,13,16,18-19H,4-7,10,12H2,1-3H3,(H,24,27)(H,25,29)/t16-,18-,19+/m0/s1. The lowest BCUT2D eigenvalue weighted by atomic mass is 9.84. The molecule has 1 aliphatic carbocycles. The van der Waals surface area contributed by atoms with Gasteiger partial charge in [-0.05, 0) is 43.4 Å². The SMILES string of the molecule is Cc1ccc(Cl)cc1NC(=O)C[C@@H]1C(=O)N[C@H]2CCCC[C@@H]2N1C(=O)CC(C)C. The number of aryl methyl sites for hydroxylation is 1. The maximum Gasteiger partial charge on any atom is 0.243 e. The summed E-state index contributed by atoms with van der Waals surface area (Å²) in [5, 5.41) is 6.44. The Morgan fingerprint density at radius 3 is 2.72 bits per heavy atom. The van der Waals surface area contributed by atoms with E-state index >= 15 is 0 Å². The minimum absolute atomic E-state index is 0.0122. The van der Waals surface area contributed by atoms with Crippen LogP contribution in [0.5, 0.6) is 0 Å². The second kappa shape index (κ2) is 9.16. The lowest BCUT2D eigenvalue weighted by Gasteiger charge is -2.48.